The highest BCUT2D eigenvalue weighted by Gasteiger charge is 2.40. The number of aliphatic carboxylic acids is 1. The highest BCUT2D eigenvalue weighted by Crippen LogP contribution is 2.16. The fourth-order valence-electron chi connectivity index (χ4n) is 2.09. The van der Waals surface area contributed by atoms with E-state index in [0.29, 0.717) is 13.7 Å². The van der Waals surface area contributed by atoms with Crippen molar-refractivity contribution in [2.45, 2.75) is 19.1 Å². The first kappa shape index (κ1) is 20.8. The molecule has 148 valence electrons. The lowest BCUT2D eigenvalue weighted by molar-refractivity contribution is -0.695. The van der Waals surface area contributed by atoms with E-state index < -0.39 is 18.1 Å². The number of esters is 1. The molecule has 11 heteroatoms. The van der Waals surface area contributed by atoms with E-state index in [1.165, 1.54) is 0 Å². The largest absolute Gasteiger partial charge is 0.490 e. The Hall–Kier alpha value is -3.50. The van der Waals surface area contributed by atoms with Crippen LogP contribution < -0.4 is 4.57 Å². The maximum absolute atomic E-state index is 11.0. The number of ether oxygens (including phenoxy) is 1. The van der Waals surface area contributed by atoms with Gasteiger partial charge in [0.2, 0.25) is 0 Å². The molecule has 3 aromatic rings. The van der Waals surface area contributed by atoms with E-state index in [1.54, 1.807) is 16.9 Å². The quantitative estimate of drug-likeness (QED) is 0.533. The van der Waals surface area contributed by atoms with E-state index in [9.17, 15) is 22.8 Å². The molecule has 0 atom stereocenters. The number of aromatic nitrogens is 4. The molecule has 0 bridgehead atoms. The van der Waals surface area contributed by atoms with E-state index >= 15 is 0 Å². The Morgan fingerprint density at radius 2 is 1.89 bits per heavy atom. The van der Waals surface area contributed by atoms with Gasteiger partial charge in [-0.3, -0.25) is 4.79 Å². The van der Waals surface area contributed by atoms with Gasteiger partial charge < -0.3 is 9.84 Å². The molecule has 28 heavy (non-hydrogen) atoms. The minimum atomic E-state index is -4.85. The average molecular weight is 397 g/mol. The summed E-state index contributed by atoms with van der Waals surface area (Å²) in [4.78, 5) is 24.2. The molecule has 8 nitrogen and oxygen atoms in total. The van der Waals surface area contributed by atoms with Crippen LogP contribution in [-0.4, -0.2) is 44.9 Å². The van der Waals surface area contributed by atoms with Gasteiger partial charge in [-0.05, 0) is 12.1 Å². The number of hydrogen-bond donors (Lipinski definition) is 1. The molecule has 0 unspecified atom stereocenters. The first-order valence-electron chi connectivity index (χ1n) is 7.87. The third-order valence-electron chi connectivity index (χ3n) is 3.44. The van der Waals surface area contributed by atoms with Crippen LogP contribution in [0.1, 0.15) is 6.42 Å². The number of carbonyl (C=O) groups is 2. The van der Waals surface area contributed by atoms with Crippen LogP contribution in [0.15, 0.2) is 49.1 Å². The zero-order chi connectivity index (χ0) is 20.7. The van der Waals surface area contributed by atoms with Gasteiger partial charge in [-0.1, -0.05) is 0 Å². The van der Waals surface area contributed by atoms with Crippen LogP contribution in [0.5, 0.6) is 0 Å². The van der Waals surface area contributed by atoms with Gasteiger partial charge >= 0.3 is 18.1 Å². The first-order valence-corrected chi connectivity index (χ1v) is 7.87. The summed E-state index contributed by atoms with van der Waals surface area (Å²) >= 11 is 0. The number of fused-ring (bicyclic) bond motifs is 1. The summed E-state index contributed by atoms with van der Waals surface area (Å²) in [6, 6.07) is 7.67. The smallest absolute Gasteiger partial charge is 0.481 e. The van der Waals surface area contributed by atoms with Crippen LogP contribution in [-0.2, 0) is 20.9 Å². The van der Waals surface area contributed by atoms with Gasteiger partial charge in [0.1, 0.15) is 6.42 Å². The molecular weight excluding hydrogens is 381 g/mol. The molecule has 1 N–H and O–H groups in total. The van der Waals surface area contributed by atoms with Crippen LogP contribution in [0.2, 0.25) is 0 Å². The number of carboxylic acid groups (broad SMARTS) is 1. The molecule has 3 aromatic heterocycles. The van der Waals surface area contributed by atoms with Gasteiger partial charge in [0.05, 0.1) is 12.8 Å². The number of carbonyl (C=O) groups excluding carboxylic acids is 1. The maximum Gasteiger partial charge on any atom is 0.490 e. The highest BCUT2D eigenvalue weighted by molar-refractivity contribution is 5.75. The van der Waals surface area contributed by atoms with Gasteiger partial charge in [-0.25, -0.2) is 18.9 Å². The summed E-state index contributed by atoms with van der Waals surface area (Å²) in [5, 5.41) is 13.1. The van der Waals surface area contributed by atoms with Crippen LogP contribution in [0.25, 0.3) is 16.9 Å². The van der Waals surface area contributed by atoms with E-state index in [-0.39, 0.29) is 6.42 Å². The average Bonchev–Trinajstić information content (AvgIpc) is 3.13. The van der Waals surface area contributed by atoms with Crippen molar-refractivity contribution in [3.05, 3.63) is 49.1 Å². The Morgan fingerprint density at radius 1 is 1.21 bits per heavy atom. The number of hydrogen-bond acceptors (Lipinski definition) is 5. The normalized spacial score (nSPS) is 10.9. The number of rotatable bonds is 4. The Balaban J connectivity index is 0.000000300. The van der Waals surface area contributed by atoms with Crippen LogP contribution in [0, 0.1) is 0 Å². The minimum Gasteiger partial charge on any atom is -0.481 e. The molecule has 0 saturated carbocycles. The molecule has 0 radical (unpaired) electrons. The lowest BCUT2D eigenvalue weighted by Gasteiger charge is -2.01. The molecule has 0 aromatic carbocycles. The highest BCUT2D eigenvalue weighted by atomic mass is 19.4. The van der Waals surface area contributed by atoms with Crippen LogP contribution in [0.4, 0.5) is 13.2 Å². The summed E-state index contributed by atoms with van der Waals surface area (Å²) in [6.07, 6.45) is 2.49. The second-order valence-corrected chi connectivity index (χ2v) is 5.41. The molecule has 0 fully saturated rings. The number of alkyl halides is 3. The predicted octanol–water partition coefficient (Wildman–Crippen LogP) is 1.88. The topological polar surface area (TPSA) is 97.7 Å². The minimum absolute atomic E-state index is 0.114. The Labute approximate surface area is 156 Å². The Morgan fingerprint density at radius 3 is 2.43 bits per heavy atom. The Bertz CT molecular complexity index is 955. The number of aryl methyl sites for hydroxylation is 1. The van der Waals surface area contributed by atoms with Crippen LogP contribution >= 0.6 is 0 Å². The van der Waals surface area contributed by atoms with Crippen molar-refractivity contribution in [3.8, 4) is 11.3 Å². The van der Waals surface area contributed by atoms with Crippen molar-refractivity contribution in [1.29, 1.82) is 0 Å². The molecule has 3 rings (SSSR count). The lowest BCUT2D eigenvalue weighted by Crippen LogP contribution is -2.33. The SMILES string of the molecule is COC(=O)C(F)(F)F.O=C(O)CC[n+]1ccc(-c2ccc3nccn3n2)cc1. The summed E-state index contributed by atoms with van der Waals surface area (Å²) < 4.78 is 39.8. The molecule has 0 aliphatic rings. The van der Waals surface area contributed by atoms with E-state index in [0.717, 1.165) is 16.9 Å². The fraction of sp³-hybridized carbons (Fsp3) is 0.235. The number of carboxylic acids is 1. The summed E-state index contributed by atoms with van der Waals surface area (Å²) in [5.41, 5.74) is 2.63. The summed E-state index contributed by atoms with van der Waals surface area (Å²) in [5.74, 6) is -2.97. The van der Waals surface area contributed by atoms with E-state index in [1.807, 2.05) is 41.2 Å². The van der Waals surface area contributed by atoms with Gasteiger partial charge in [0, 0.05) is 30.1 Å². The fourth-order valence-corrected chi connectivity index (χ4v) is 2.09. The first-order chi connectivity index (χ1) is 13.2. The van der Waals surface area contributed by atoms with Gasteiger partial charge in [-0.15, -0.1) is 0 Å². The third-order valence-corrected chi connectivity index (χ3v) is 3.44. The second-order valence-electron chi connectivity index (χ2n) is 5.41. The zero-order valence-corrected chi connectivity index (χ0v) is 14.6. The molecule has 0 aliphatic heterocycles. The third kappa shape index (κ3) is 5.76. The number of methoxy groups -OCH3 is 1. The van der Waals surface area contributed by atoms with E-state index in [2.05, 4.69) is 14.8 Å². The maximum atomic E-state index is 11.0. The summed E-state index contributed by atoms with van der Waals surface area (Å²) in [6.45, 7) is 0.462. The van der Waals surface area contributed by atoms with Crippen molar-refractivity contribution < 1.29 is 37.2 Å². The molecular formula is C17H16F3N4O4+. The monoisotopic (exact) mass is 397 g/mol. The number of halogens is 3. The number of imidazole rings is 1. The van der Waals surface area contributed by atoms with Gasteiger partial charge in [-0.2, -0.15) is 18.3 Å². The molecule has 3 heterocycles. The zero-order valence-electron chi connectivity index (χ0n) is 14.6. The molecule has 0 spiro atoms. The molecule has 0 aliphatic carbocycles. The number of pyridine rings is 1. The van der Waals surface area contributed by atoms with Crippen molar-refractivity contribution in [2.24, 2.45) is 0 Å². The lowest BCUT2D eigenvalue weighted by atomic mass is 10.2. The van der Waals surface area contributed by atoms with Crippen molar-refractivity contribution in [3.63, 3.8) is 0 Å². The van der Waals surface area contributed by atoms with Crippen molar-refractivity contribution in [1.82, 2.24) is 14.6 Å². The van der Waals surface area contributed by atoms with E-state index in [4.69, 9.17) is 5.11 Å². The van der Waals surface area contributed by atoms with Gasteiger partial charge in [0.25, 0.3) is 0 Å². The standard InChI is InChI=1S/C14H12N4O2.C3H3F3O2/c19-14(20)5-9-17-7-3-11(4-8-17)12-1-2-13-15-6-10-18(13)16-12;1-8-2(7)3(4,5)6/h1-4,6-8,10H,5,9H2;1H3/p+1. The number of nitrogens with zero attached hydrogens (tertiary/aromatic N) is 4. The van der Waals surface area contributed by atoms with Gasteiger partial charge in [0.15, 0.2) is 24.6 Å². The van der Waals surface area contributed by atoms with Crippen molar-refractivity contribution in [2.75, 3.05) is 7.11 Å². The molecule has 0 amide bonds. The molecule has 0 saturated heterocycles. The second kappa shape index (κ2) is 8.93. The van der Waals surface area contributed by atoms with Crippen LogP contribution in [0.3, 0.4) is 0 Å². The predicted molar refractivity (Wildman–Crippen MR) is 88.9 cm³/mol. The van der Waals surface area contributed by atoms with Crippen molar-refractivity contribution >= 4 is 17.6 Å². The summed E-state index contributed by atoms with van der Waals surface area (Å²) in [7, 11) is 0.676. The Kier molecular flexibility index (Phi) is 6.64.